The molecule has 1 aromatic carbocycles. The molecule has 122 valence electrons. The number of aliphatic carboxylic acids is 1. The van der Waals surface area contributed by atoms with Crippen molar-refractivity contribution in [3.05, 3.63) is 35.4 Å². The van der Waals surface area contributed by atoms with Crippen LogP contribution in [0.3, 0.4) is 0 Å². The third-order valence-electron chi connectivity index (χ3n) is 2.92. The van der Waals surface area contributed by atoms with Crippen LogP contribution in [0.25, 0.3) is 0 Å². The van der Waals surface area contributed by atoms with E-state index >= 15 is 0 Å². The molecule has 22 heavy (non-hydrogen) atoms. The van der Waals surface area contributed by atoms with Crippen molar-refractivity contribution in [3.63, 3.8) is 0 Å². The number of esters is 1. The fourth-order valence-corrected chi connectivity index (χ4v) is 1.53. The van der Waals surface area contributed by atoms with Gasteiger partial charge in [-0.1, -0.05) is 12.1 Å². The molecule has 8 heteroatoms. The second-order valence-corrected chi connectivity index (χ2v) is 4.75. The van der Waals surface area contributed by atoms with E-state index in [2.05, 4.69) is 10.1 Å². The van der Waals surface area contributed by atoms with Gasteiger partial charge < -0.3 is 20.0 Å². The standard InChI is InChI=1S/C12H15NO2.C2HF3O2/c1-15-12(14)10-4-2-9(3-5-10)8-13-11-6-7-11;3-2(4,5)1(6)7/h2-5,11,13H,6-8H2,1H3;(H,6,7). The Bertz CT molecular complexity index is 510. The second kappa shape index (κ2) is 7.79. The Hall–Kier alpha value is -2.09. The third-order valence-corrected chi connectivity index (χ3v) is 2.92. The van der Waals surface area contributed by atoms with E-state index in [1.54, 1.807) is 0 Å². The SMILES string of the molecule is COC(=O)c1ccc(C[NH2+]C2CC2)cc1.O=C([O-])C(F)(F)F. The van der Waals surface area contributed by atoms with E-state index in [9.17, 15) is 18.0 Å². The number of benzene rings is 1. The summed E-state index contributed by atoms with van der Waals surface area (Å²) in [7, 11) is 1.40. The minimum atomic E-state index is -5.19. The van der Waals surface area contributed by atoms with Crippen molar-refractivity contribution in [3.8, 4) is 0 Å². The van der Waals surface area contributed by atoms with Crippen LogP contribution in [0.15, 0.2) is 24.3 Å². The molecule has 5 nitrogen and oxygen atoms in total. The van der Waals surface area contributed by atoms with Crippen LogP contribution in [0.5, 0.6) is 0 Å². The zero-order valence-corrected chi connectivity index (χ0v) is 11.9. The molecule has 1 saturated carbocycles. The van der Waals surface area contributed by atoms with E-state index in [0.717, 1.165) is 12.6 Å². The maximum atomic E-state index is 11.2. The number of ether oxygens (including phenoxy) is 1. The Kier molecular flexibility index (Phi) is 6.36. The van der Waals surface area contributed by atoms with Gasteiger partial charge in [-0.2, -0.15) is 13.2 Å². The Morgan fingerprint density at radius 1 is 1.27 bits per heavy atom. The lowest BCUT2D eigenvalue weighted by atomic mass is 10.1. The molecule has 0 heterocycles. The molecule has 1 aromatic rings. The van der Waals surface area contributed by atoms with Crippen LogP contribution in [0.2, 0.25) is 0 Å². The van der Waals surface area contributed by atoms with E-state index in [4.69, 9.17) is 9.90 Å². The van der Waals surface area contributed by atoms with E-state index < -0.39 is 12.1 Å². The largest absolute Gasteiger partial charge is 0.542 e. The molecule has 2 N–H and O–H groups in total. The smallest absolute Gasteiger partial charge is 0.430 e. The number of hydrogen-bond acceptors (Lipinski definition) is 4. The molecule has 0 unspecified atom stereocenters. The van der Waals surface area contributed by atoms with Gasteiger partial charge in [0.05, 0.1) is 18.7 Å². The zero-order valence-electron chi connectivity index (χ0n) is 11.9. The number of carboxylic acid groups (broad SMARTS) is 1. The van der Waals surface area contributed by atoms with Crippen molar-refractivity contribution in [2.45, 2.75) is 31.6 Å². The molecular formula is C14H16F3NO4. The fourth-order valence-electron chi connectivity index (χ4n) is 1.53. The van der Waals surface area contributed by atoms with Gasteiger partial charge in [0.1, 0.15) is 12.5 Å². The van der Waals surface area contributed by atoms with Crippen molar-refractivity contribution in [1.82, 2.24) is 0 Å². The van der Waals surface area contributed by atoms with Gasteiger partial charge in [-0.15, -0.1) is 0 Å². The number of quaternary nitrogens is 1. The fraction of sp³-hybridized carbons (Fsp3) is 0.429. The van der Waals surface area contributed by atoms with Crippen molar-refractivity contribution in [2.75, 3.05) is 7.11 Å². The summed E-state index contributed by atoms with van der Waals surface area (Å²) < 4.78 is 36.2. The Morgan fingerprint density at radius 2 is 1.77 bits per heavy atom. The molecule has 0 aromatic heterocycles. The maximum absolute atomic E-state index is 11.2. The van der Waals surface area contributed by atoms with Crippen molar-refractivity contribution < 1.29 is 37.9 Å². The molecule has 1 aliphatic rings. The van der Waals surface area contributed by atoms with Crippen LogP contribution in [-0.4, -0.2) is 31.3 Å². The first kappa shape index (κ1) is 18.0. The number of carbonyl (C=O) groups excluding carboxylic acids is 2. The lowest BCUT2D eigenvalue weighted by molar-refractivity contribution is -0.683. The summed E-state index contributed by atoms with van der Waals surface area (Å²) in [5, 5.41) is 11.1. The highest BCUT2D eigenvalue weighted by atomic mass is 19.4. The normalized spacial score (nSPS) is 13.8. The van der Waals surface area contributed by atoms with Gasteiger partial charge in [-0.05, 0) is 12.1 Å². The van der Waals surface area contributed by atoms with Crippen LogP contribution in [-0.2, 0) is 16.1 Å². The Morgan fingerprint density at radius 3 is 2.14 bits per heavy atom. The lowest BCUT2D eigenvalue weighted by Crippen LogP contribution is -2.84. The Labute approximate surface area is 125 Å². The number of nitrogens with two attached hydrogens (primary N) is 1. The molecule has 0 aliphatic heterocycles. The predicted octanol–water partition coefficient (Wildman–Crippen LogP) is -0.00240. The molecule has 1 aliphatic carbocycles. The van der Waals surface area contributed by atoms with Crippen LogP contribution < -0.4 is 10.4 Å². The van der Waals surface area contributed by atoms with Crippen LogP contribution in [0, 0.1) is 0 Å². The maximum Gasteiger partial charge on any atom is 0.430 e. The number of hydrogen-bond donors (Lipinski definition) is 1. The van der Waals surface area contributed by atoms with Gasteiger partial charge in [0, 0.05) is 18.4 Å². The predicted molar refractivity (Wildman–Crippen MR) is 67.5 cm³/mol. The van der Waals surface area contributed by atoms with E-state index in [1.165, 1.54) is 25.5 Å². The summed E-state index contributed by atoms with van der Waals surface area (Å²) in [5.74, 6) is -3.28. The van der Waals surface area contributed by atoms with Crippen molar-refractivity contribution >= 4 is 11.9 Å². The van der Waals surface area contributed by atoms with Gasteiger partial charge in [-0.25, -0.2) is 4.79 Å². The lowest BCUT2D eigenvalue weighted by Gasteiger charge is -2.03. The highest BCUT2D eigenvalue weighted by Crippen LogP contribution is 2.14. The quantitative estimate of drug-likeness (QED) is 0.792. The molecule has 0 atom stereocenters. The first-order valence-electron chi connectivity index (χ1n) is 6.52. The first-order chi connectivity index (χ1) is 10.2. The summed E-state index contributed by atoms with van der Waals surface area (Å²) in [6, 6.07) is 8.46. The molecule has 0 saturated heterocycles. The van der Waals surface area contributed by atoms with Gasteiger partial charge in [0.25, 0.3) is 0 Å². The first-order valence-corrected chi connectivity index (χ1v) is 6.52. The summed E-state index contributed by atoms with van der Waals surface area (Å²) in [4.78, 5) is 20.0. The summed E-state index contributed by atoms with van der Waals surface area (Å²) in [6.45, 7) is 1.01. The topological polar surface area (TPSA) is 83.0 Å². The zero-order chi connectivity index (χ0) is 16.8. The minimum absolute atomic E-state index is 0.271. The van der Waals surface area contributed by atoms with Gasteiger partial charge >= 0.3 is 12.1 Å². The number of carbonyl (C=O) groups is 2. The summed E-state index contributed by atoms with van der Waals surface area (Å²) in [6.07, 6.45) is -2.50. The van der Waals surface area contributed by atoms with Crippen LogP contribution in [0.4, 0.5) is 13.2 Å². The molecule has 1 fully saturated rings. The van der Waals surface area contributed by atoms with Gasteiger partial charge in [0.15, 0.2) is 0 Å². The minimum Gasteiger partial charge on any atom is -0.542 e. The van der Waals surface area contributed by atoms with Gasteiger partial charge in [0.2, 0.25) is 0 Å². The van der Waals surface area contributed by atoms with E-state index in [1.807, 2.05) is 24.3 Å². The van der Waals surface area contributed by atoms with E-state index in [-0.39, 0.29) is 5.97 Å². The average Bonchev–Trinajstić information content (AvgIpc) is 3.28. The second-order valence-electron chi connectivity index (χ2n) is 4.75. The molecule has 0 amide bonds. The van der Waals surface area contributed by atoms with E-state index in [0.29, 0.717) is 5.56 Å². The molecule has 0 spiro atoms. The summed E-state index contributed by atoms with van der Waals surface area (Å²) >= 11 is 0. The van der Waals surface area contributed by atoms with Gasteiger partial charge in [-0.3, -0.25) is 0 Å². The third kappa shape index (κ3) is 6.57. The van der Waals surface area contributed by atoms with Crippen molar-refractivity contribution in [1.29, 1.82) is 0 Å². The number of alkyl halides is 3. The molecule has 0 bridgehead atoms. The number of halogens is 3. The highest BCUT2D eigenvalue weighted by Gasteiger charge is 2.28. The van der Waals surface area contributed by atoms with Crippen LogP contribution in [0.1, 0.15) is 28.8 Å². The molecule has 2 rings (SSSR count). The van der Waals surface area contributed by atoms with Crippen molar-refractivity contribution in [2.24, 2.45) is 0 Å². The highest BCUT2D eigenvalue weighted by molar-refractivity contribution is 5.89. The summed E-state index contributed by atoms with van der Waals surface area (Å²) in [5.41, 5.74) is 1.88. The molecule has 0 radical (unpaired) electrons. The number of methoxy groups -OCH3 is 1. The number of rotatable bonds is 4. The van der Waals surface area contributed by atoms with Crippen LogP contribution >= 0.6 is 0 Å². The Balaban J connectivity index is 0.000000295. The number of carboxylic acids is 1. The average molecular weight is 319 g/mol. The molecular weight excluding hydrogens is 303 g/mol. The monoisotopic (exact) mass is 319 g/mol.